The predicted octanol–water partition coefficient (Wildman–Crippen LogP) is 4.43. The number of hydrogen-bond donors (Lipinski definition) is 1. The molecule has 0 bridgehead atoms. The van der Waals surface area contributed by atoms with Crippen LogP contribution in [0.3, 0.4) is 0 Å². The van der Waals surface area contributed by atoms with Gasteiger partial charge in [-0.1, -0.05) is 28.8 Å². The SMILES string of the molecule is O=C(CCCCCN1CCCCC1)Nc1ccc(Br)cc1. The lowest BCUT2D eigenvalue weighted by Crippen LogP contribution is -2.30. The monoisotopic (exact) mass is 352 g/mol. The number of unbranched alkanes of at least 4 members (excludes halogenated alkanes) is 2. The molecular weight excluding hydrogens is 328 g/mol. The zero-order valence-corrected chi connectivity index (χ0v) is 14.2. The number of rotatable bonds is 7. The van der Waals surface area contributed by atoms with Crippen molar-refractivity contribution in [2.24, 2.45) is 0 Å². The van der Waals surface area contributed by atoms with Crippen molar-refractivity contribution in [2.75, 3.05) is 25.0 Å². The Morgan fingerprint density at radius 1 is 1.05 bits per heavy atom. The third-order valence-electron chi connectivity index (χ3n) is 3.95. The first kappa shape index (κ1) is 16.5. The summed E-state index contributed by atoms with van der Waals surface area (Å²) in [4.78, 5) is 14.4. The van der Waals surface area contributed by atoms with E-state index in [1.807, 2.05) is 24.3 Å². The molecule has 1 heterocycles. The van der Waals surface area contributed by atoms with E-state index in [0.717, 1.165) is 23.0 Å². The van der Waals surface area contributed by atoms with Gasteiger partial charge in [0.2, 0.25) is 5.91 Å². The Hall–Kier alpha value is -0.870. The maximum absolute atomic E-state index is 11.8. The summed E-state index contributed by atoms with van der Waals surface area (Å²) >= 11 is 3.39. The molecule has 1 saturated heterocycles. The topological polar surface area (TPSA) is 32.3 Å². The third-order valence-corrected chi connectivity index (χ3v) is 4.48. The van der Waals surface area contributed by atoms with Crippen molar-refractivity contribution in [2.45, 2.75) is 44.9 Å². The number of nitrogens with zero attached hydrogens (tertiary/aromatic N) is 1. The zero-order valence-electron chi connectivity index (χ0n) is 12.6. The van der Waals surface area contributed by atoms with Crippen molar-refractivity contribution < 1.29 is 4.79 Å². The lowest BCUT2D eigenvalue weighted by atomic mass is 10.1. The smallest absolute Gasteiger partial charge is 0.224 e. The van der Waals surface area contributed by atoms with Crippen LogP contribution in [0, 0.1) is 0 Å². The average molecular weight is 353 g/mol. The molecule has 1 amide bonds. The van der Waals surface area contributed by atoms with Gasteiger partial charge in [-0.3, -0.25) is 4.79 Å². The highest BCUT2D eigenvalue weighted by Crippen LogP contribution is 2.15. The van der Waals surface area contributed by atoms with E-state index in [4.69, 9.17) is 0 Å². The molecule has 1 aromatic carbocycles. The number of carbonyl (C=O) groups excluding carboxylic acids is 1. The van der Waals surface area contributed by atoms with E-state index in [1.165, 1.54) is 45.3 Å². The van der Waals surface area contributed by atoms with Gasteiger partial charge in [0.15, 0.2) is 0 Å². The molecular formula is C17H25BrN2O. The molecule has 1 aliphatic heterocycles. The molecule has 0 aliphatic carbocycles. The Bertz CT molecular complexity index is 427. The first-order valence-corrected chi connectivity index (χ1v) is 8.81. The summed E-state index contributed by atoms with van der Waals surface area (Å²) in [7, 11) is 0. The second-order valence-corrected chi connectivity index (χ2v) is 6.68. The van der Waals surface area contributed by atoms with Gasteiger partial charge in [-0.05, 0) is 69.6 Å². The molecule has 116 valence electrons. The Morgan fingerprint density at radius 3 is 2.48 bits per heavy atom. The van der Waals surface area contributed by atoms with E-state index >= 15 is 0 Å². The van der Waals surface area contributed by atoms with Crippen molar-refractivity contribution in [3.05, 3.63) is 28.7 Å². The van der Waals surface area contributed by atoms with Gasteiger partial charge in [-0.15, -0.1) is 0 Å². The molecule has 1 fully saturated rings. The zero-order chi connectivity index (χ0) is 14.9. The normalized spacial score (nSPS) is 15.9. The van der Waals surface area contributed by atoms with Crippen LogP contribution >= 0.6 is 15.9 Å². The summed E-state index contributed by atoms with van der Waals surface area (Å²) in [6.45, 7) is 3.74. The Labute approximate surface area is 136 Å². The number of likely N-dealkylation sites (tertiary alicyclic amines) is 1. The fourth-order valence-electron chi connectivity index (χ4n) is 2.74. The highest BCUT2D eigenvalue weighted by Gasteiger charge is 2.09. The average Bonchev–Trinajstić information content (AvgIpc) is 2.50. The number of carbonyl (C=O) groups is 1. The van der Waals surface area contributed by atoms with Gasteiger partial charge in [-0.2, -0.15) is 0 Å². The third kappa shape index (κ3) is 6.62. The van der Waals surface area contributed by atoms with Crippen LogP contribution in [0.5, 0.6) is 0 Å². The summed E-state index contributed by atoms with van der Waals surface area (Å²) in [6.07, 6.45) is 8.07. The molecule has 0 saturated carbocycles. The summed E-state index contributed by atoms with van der Waals surface area (Å²) in [5.74, 6) is 0.121. The molecule has 3 nitrogen and oxygen atoms in total. The maximum Gasteiger partial charge on any atom is 0.224 e. The lowest BCUT2D eigenvalue weighted by molar-refractivity contribution is -0.116. The molecule has 1 N–H and O–H groups in total. The van der Waals surface area contributed by atoms with Gasteiger partial charge in [-0.25, -0.2) is 0 Å². The number of piperidine rings is 1. The fraction of sp³-hybridized carbons (Fsp3) is 0.588. The van der Waals surface area contributed by atoms with Crippen LogP contribution in [0.15, 0.2) is 28.7 Å². The highest BCUT2D eigenvalue weighted by molar-refractivity contribution is 9.10. The molecule has 4 heteroatoms. The second kappa shape index (κ2) is 9.21. The Kier molecular flexibility index (Phi) is 7.24. The van der Waals surface area contributed by atoms with Crippen LogP contribution in [-0.2, 0) is 4.79 Å². The Balaban J connectivity index is 1.53. The minimum absolute atomic E-state index is 0.121. The number of benzene rings is 1. The van der Waals surface area contributed by atoms with Gasteiger partial charge < -0.3 is 10.2 Å². The predicted molar refractivity (Wildman–Crippen MR) is 91.5 cm³/mol. The number of hydrogen-bond acceptors (Lipinski definition) is 2. The summed E-state index contributed by atoms with van der Waals surface area (Å²) in [6, 6.07) is 7.71. The van der Waals surface area contributed by atoms with Crippen LogP contribution in [0.2, 0.25) is 0 Å². The number of anilines is 1. The molecule has 0 aromatic heterocycles. The highest BCUT2D eigenvalue weighted by atomic mass is 79.9. The van der Waals surface area contributed by atoms with E-state index in [0.29, 0.717) is 6.42 Å². The van der Waals surface area contributed by atoms with Crippen LogP contribution in [0.25, 0.3) is 0 Å². The lowest BCUT2D eigenvalue weighted by Gasteiger charge is -2.26. The van der Waals surface area contributed by atoms with E-state index in [1.54, 1.807) is 0 Å². The molecule has 21 heavy (non-hydrogen) atoms. The maximum atomic E-state index is 11.8. The molecule has 0 atom stereocenters. The molecule has 1 aliphatic rings. The van der Waals surface area contributed by atoms with E-state index < -0.39 is 0 Å². The molecule has 0 unspecified atom stereocenters. The summed E-state index contributed by atoms with van der Waals surface area (Å²) < 4.78 is 1.03. The van der Waals surface area contributed by atoms with Crippen LogP contribution in [-0.4, -0.2) is 30.4 Å². The molecule has 0 radical (unpaired) electrons. The summed E-state index contributed by atoms with van der Waals surface area (Å²) in [5.41, 5.74) is 0.872. The van der Waals surface area contributed by atoms with E-state index in [2.05, 4.69) is 26.1 Å². The standard InChI is InChI=1S/C17H25BrN2O/c18-15-8-10-16(11-9-15)19-17(21)7-3-1-4-12-20-13-5-2-6-14-20/h8-11H,1-7,12-14H2,(H,19,21). The fourth-order valence-corrected chi connectivity index (χ4v) is 3.00. The second-order valence-electron chi connectivity index (χ2n) is 5.77. The largest absolute Gasteiger partial charge is 0.326 e. The van der Waals surface area contributed by atoms with Gasteiger partial charge in [0.1, 0.15) is 0 Å². The van der Waals surface area contributed by atoms with E-state index in [9.17, 15) is 4.79 Å². The number of amides is 1. The van der Waals surface area contributed by atoms with Crippen LogP contribution < -0.4 is 5.32 Å². The minimum atomic E-state index is 0.121. The van der Waals surface area contributed by atoms with Gasteiger partial charge in [0.05, 0.1) is 0 Å². The quantitative estimate of drug-likeness (QED) is 0.736. The van der Waals surface area contributed by atoms with Gasteiger partial charge in [0, 0.05) is 16.6 Å². The molecule has 0 spiro atoms. The van der Waals surface area contributed by atoms with Crippen molar-refractivity contribution in [1.82, 2.24) is 4.90 Å². The molecule has 1 aromatic rings. The Morgan fingerprint density at radius 2 is 1.76 bits per heavy atom. The van der Waals surface area contributed by atoms with Gasteiger partial charge in [0.25, 0.3) is 0 Å². The van der Waals surface area contributed by atoms with Crippen LogP contribution in [0.1, 0.15) is 44.9 Å². The number of halogens is 1. The van der Waals surface area contributed by atoms with Crippen molar-refractivity contribution >= 4 is 27.5 Å². The van der Waals surface area contributed by atoms with Crippen LogP contribution in [0.4, 0.5) is 5.69 Å². The van der Waals surface area contributed by atoms with Crippen molar-refractivity contribution in [3.8, 4) is 0 Å². The van der Waals surface area contributed by atoms with Crippen molar-refractivity contribution in [1.29, 1.82) is 0 Å². The van der Waals surface area contributed by atoms with Gasteiger partial charge >= 0.3 is 0 Å². The minimum Gasteiger partial charge on any atom is -0.326 e. The first-order chi connectivity index (χ1) is 10.2. The van der Waals surface area contributed by atoms with Crippen molar-refractivity contribution in [3.63, 3.8) is 0 Å². The number of nitrogens with one attached hydrogen (secondary N) is 1. The molecule has 2 rings (SSSR count). The van der Waals surface area contributed by atoms with E-state index in [-0.39, 0.29) is 5.91 Å². The first-order valence-electron chi connectivity index (χ1n) is 8.02. The summed E-state index contributed by atoms with van der Waals surface area (Å²) in [5, 5.41) is 2.94.